The molecule has 0 bridgehead atoms. The highest BCUT2D eigenvalue weighted by Crippen LogP contribution is 2.16. The van der Waals surface area contributed by atoms with Crippen LogP contribution in [-0.2, 0) is 6.54 Å². The fourth-order valence-corrected chi connectivity index (χ4v) is 2.75. The summed E-state index contributed by atoms with van der Waals surface area (Å²) in [4.78, 5) is 25.3. The summed E-state index contributed by atoms with van der Waals surface area (Å²) in [6.45, 7) is 2.18. The van der Waals surface area contributed by atoms with Gasteiger partial charge in [-0.3, -0.25) is 4.79 Å². The molecule has 110 valence electrons. The maximum absolute atomic E-state index is 12.1. The van der Waals surface area contributed by atoms with E-state index in [0.717, 1.165) is 22.6 Å². The molecule has 0 aliphatic heterocycles. The Balaban J connectivity index is 1.71. The van der Waals surface area contributed by atoms with Crippen LogP contribution in [0.25, 0.3) is 11.3 Å². The van der Waals surface area contributed by atoms with Crippen LogP contribution in [-0.4, -0.2) is 20.9 Å². The van der Waals surface area contributed by atoms with Crippen molar-refractivity contribution in [3.05, 3.63) is 64.5 Å². The van der Waals surface area contributed by atoms with Crippen LogP contribution in [0.3, 0.4) is 0 Å². The third-order valence-electron chi connectivity index (χ3n) is 3.18. The molecule has 0 fully saturated rings. The lowest BCUT2D eigenvalue weighted by atomic mass is 10.1. The lowest BCUT2D eigenvalue weighted by Crippen LogP contribution is -2.23. The molecule has 0 atom stereocenters. The summed E-state index contributed by atoms with van der Waals surface area (Å²) in [7, 11) is 0. The summed E-state index contributed by atoms with van der Waals surface area (Å²) in [6, 6.07) is 11.8. The minimum atomic E-state index is -0.125. The molecule has 0 spiro atoms. The Morgan fingerprint density at radius 3 is 2.73 bits per heavy atom. The monoisotopic (exact) mass is 310 g/mol. The standard InChI is InChI=1S/C16H14N4OS/c1-11-15(22-10-20-11)16(21)17-8-13-7-14(19-9-18-13)12-5-3-2-4-6-12/h2-7,9-10H,8H2,1H3,(H,17,21). The Bertz CT molecular complexity index is 786. The van der Waals surface area contributed by atoms with Crippen molar-refractivity contribution in [2.75, 3.05) is 0 Å². The Labute approximate surface area is 132 Å². The molecule has 22 heavy (non-hydrogen) atoms. The molecule has 0 saturated carbocycles. The van der Waals surface area contributed by atoms with Gasteiger partial charge in [-0.2, -0.15) is 0 Å². The highest BCUT2D eigenvalue weighted by Gasteiger charge is 2.11. The predicted molar refractivity (Wildman–Crippen MR) is 85.5 cm³/mol. The number of benzene rings is 1. The number of amides is 1. The zero-order valence-corrected chi connectivity index (χ0v) is 12.8. The minimum Gasteiger partial charge on any atom is -0.346 e. The van der Waals surface area contributed by atoms with Crippen molar-refractivity contribution in [2.45, 2.75) is 13.5 Å². The molecule has 1 amide bonds. The van der Waals surface area contributed by atoms with Crippen LogP contribution in [0.5, 0.6) is 0 Å². The molecule has 1 N–H and O–H groups in total. The van der Waals surface area contributed by atoms with Crippen LogP contribution in [0.4, 0.5) is 0 Å². The average Bonchev–Trinajstić information content (AvgIpc) is 3.00. The number of thiazole rings is 1. The van der Waals surface area contributed by atoms with Crippen molar-refractivity contribution < 1.29 is 4.79 Å². The summed E-state index contributed by atoms with van der Waals surface area (Å²) in [5, 5.41) is 2.86. The molecule has 2 heterocycles. The Morgan fingerprint density at radius 2 is 2.00 bits per heavy atom. The van der Waals surface area contributed by atoms with Crippen molar-refractivity contribution in [3.63, 3.8) is 0 Å². The Hall–Kier alpha value is -2.60. The molecule has 0 unspecified atom stereocenters. The van der Waals surface area contributed by atoms with Crippen LogP contribution in [0.15, 0.2) is 48.2 Å². The van der Waals surface area contributed by atoms with E-state index in [0.29, 0.717) is 11.4 Å². The van der Waals surface area contributed by atoms with E-state index in [4.69, 9.17) is 0 Å². The number of carbonyl (C=O) groups is 1. The summed E-state index contributed by atoms with van der Waals surface area (Å²) in [5.74, 6) is -0.125. The van der Waals surface area contributed by atoms with E-state index in [1.807, 2.05) is 43.3 Å². The van der Waals surface area contributed by atoms with Gasteiger partial charge in [0.05, 0.1) is 29.1 Å². The predicted octanol–water partition coefficient (Wildman–Crippen LogP) is 2.84. The fourth-order valence-electron chi connectivity index (χ4n) is 2.03. The zero-order valence-electron chi connectivity index (χ0n) is 12.0. The van der Waals surface area contributed by atoms with E-state index < -0.39 is 0 Å². The molecule has 3 aromatic rings. The van der Waals surface area contributed by atoms with Crippen LogP contribution < -0.4 is 5.32 Å². The molecule has 0 saturated heterocycles. The second kappa shape index (κ2) is 6.44. The normalized spacial score (nSPS) is 10.4. The fraction of sp³-hybridized carbons (Fsp3) is 0.125. The van der Waals surface area contributed by atoms with Gasteiger partial charge >= 0.3 is 0 Å². The van der Waals surface area contributed by atoms with E-state index in [9.17, 15) is 4.79 Å². The van der Waals surface area contributed by atoms with E-state index >= 15 is 0 Å². The highest BCUT2D eigenvalue weighted by atomic mass is 32.1. The Morgan fingerprint density at radius 1 is 1.18 bits per heavy atom. The van der Waals surface area contributed by atoms with Gasteiger partial charge in [-0.1, -0.05) is 30.3 Å². The summed E-state index contributed by atoms with van der Waals surface area (Å²) < 4.78 is 0. The van der Waals surface area contributed by atoms with Gasteiger partial charge < -0.3 is 5.32 Å². The van der Waals surface area contributed by atoms with Crippen LogP contribution in [0, 0.1) is 6.92 Å². The van der Waals surface area contributed by atoms with Gasteiger partial charge in [-0.05, 0) is 13.0 Å². The highest BCUT2D eigenvalue weighted by molar-refractivity contribution is 7.11. The molecule has 3 rings (SSSR count). The number of carbonyl (C=O) groups excluding carboxylic acids is 1. The zero-order chi connectivity index (χ0) is 15.4. The third-order valence-corrected chi connectivity index (χ3v) is 4.10. The molecule has 0 aliphatic rings. The number of nitrogens with zero attached hydrogens (tertiary/aromatic N) is 3. The van der Waals surface area contributed by atoms with Gasteiger partial charge in [0.15, 0.2) is 0 Å². The van der Waals surface area contributed by atoms with Crippen molar-refractivity contribution >= 4 is 17.2 Å². The lowest BCUT2D eigenvalue weighted by molar-refractivity contribution is 0.0953. The maximum atomic E-state index is 12.1. The van der Waals surface area contributed by atoms with Gasteiger partial charge in [0.25, 0.3) is 5.91 Å². The second-order valence-corrected chi connectivity index (χ2v) is 5.56. The number of hydrogen-bond acceptors (Lipinski definition) is 5. The molecule has 2 aromatic heterocycles. The van der Waals surface area contributed by atoms with Gasteiger partial charge in [-0.15, -0.1) is 11.3 Å². The maximum Gasteiger partial charge on any atom is 0.263 e. The summed E-state index contributed by atoms with van der Waals surface area (Å²) in [5.41, 5.74) is 5.05. The number of hydrogen-bond donors (Lipinski definition) is 1. The second-order valence-electron chi connectivity index (χ2n) is 4.71. The van der Waals surface area contributed by atoms with E-state index in [-0.39, 0.29) is 5.91 Å². The van der Waals surface area contributed by atoms with Crippen molar-refractivity contribution in [1.82, 2.24) is 20.3 Å². The molecule has 6 heteroatoms. The SMILES string of the molecule is Cc1ncsc1C(=O)NCc1cc(-c2ccccc2)ncn1. The number of aromatic nitrogens is 3. The van der Waals surface area contributed by atoms with Crippen LogP contribution in [0.2, 0.25) is 0 Å². The molecular weight excluding hydrogens is 296 g/mol. The first-order chi connectivity index (χ1) is 10.7. The molecular formula is C16H14N4OS. The minimum absolute atomic E-state index is 0.125. The number of rotatable bonds is 4. The van der Waals surface area contributed by atoms with Crippen molar-refractivity contribution in [3.8, 4) is 11.3 Å². The van der Waals surface area contributed by atoms with Gasteiger partial charge in [0.1, 0.15) is 11.2 Å². The summed E-state index contributed by atoms with van der Waals surface area (Å²) in [6.07, 6.45) is 1.52. The first-order valence-electron chi connectivity index (χ1n) is 6.78. The Kier molecular flexibility index (Phi) is 4.20. The van der Waals surface area contributed by atoms with Crippen LogP contribution in [0.1, 0.15) is 21.1 Å². The molecule has 0 aliphatic carbocycles. The lowest BCUT2D eigenvalue weighted by Gasteiger charge is -2.05. The quantitative estimate of drug-likeness (QED) is 0.804. The number of aryl methyl sites for hydroxylation is 1. The first-order valence-corrected chi connectivity index (χ1v) is 7.66. The van der Waals surface area contributed by atoms with E-state index in [2.05, 4.69) is 20.3 Å². The molecule has 1 aromatic carbocycles. The van der Waals surface area contributed by atoms with Crippen molar-refractivity contribution in [1.29, 1.82) is 0 Å². The summed E-state index contributed by atoms with van der Waals surface area (Å²) >= 11 is 1.34. The molecule has 0 radical (unpaired) electrons. The van der Waals surface area contributed by atoms with E-state index in [1.165, 1.54) is 17.7 Å². The molecule has 5 nitrogen and oxygen atoms in total. The van der Waals surface area contributed by atoms with E-state index in [1.54, 1.807) is 5.51 Å². The van der Waals surface area contributed by atoms with Gasteiger partial charge in [-0.25, -0.2) is 15.0 Å². The third kappa shape index (κ3) is 3.17. The van der Waals surface area contributed by atoms with Gasteiger partial charge in [0.2, 0.25) is 0 Å². The van der Waals surface area contributed by atoms with Gasteiger partial charge in [0, 0.05) is 5.56 Å². The average molecular weight is 310 g/mol. The van der Waals surface area contributed by atoms with Crippen molar-refractivity contribution in [2.24, 2.45) is 0 Å². The first kappa shape index (κ1) is 14.3. The largest absolute Gasteiger partial charge is 0.346 e. The van der Waals surface area contributed by atoms with Crippen LogP contribution >= 0.6 is 11.3 Å². The smallest absolute Gasteiger partial charge is 0.263 e. The number of nitrogens with one attached hydrogen (secondary N) is 1. The topological polar surface area (TPSA) is 67.8 Å².